The maximum atomic E-state index is 3.57. The highest BCUT2D eigenvalue weighted by Gasteiger charge is 2.35. The largest absolute Gasteiger partial charge is 0.0619 e. The van der Waals surface area contributed by atoms with Crippen LogP contribution in [-0.2, 0) is 5.41 Å². The van der Waals surface area contributed by atoms with Crippen LogP contribution >= 0.6 is 15.9 Å². The molecule has 0 saturated heterocycles. The van der Waals surface area contributed by atoms with E-state index in [1.54, 1.807) is 0 Å². The van der Waals surface area contributed by atoms with E-state index >= 15 is 0 Å². The van der Waals surface area contributed by atoms with Crippen molar-refractivity contribution in [3.8, 4) is 22.3 Å². The molecule has 0 saturated carbocycles. The topological polar surface area (TPSA) is 0 Å². The summed E-state index contributed by atoms with van der Waals surface area (Å²) in [7, 11) is 0. The highest BCUT2D eigenvalue weighted by Crippen LogP contribution is 2.49. The lowest BCUT2D eigenvalue weighted by Gasteiger charge is -2.22. The molecule has 1 heteroatoms. The molecule has 4 rings (SSSR count). The Morgan fingerprint density at radius 2 is 1.41 bits per heavy atom. The minimum Gasteiger partial charge on any atom is -0.0619 e. The molecule has 0 nitrogen and oxygen atoms in total. The molecule has 3 aromatic carbocycles. The van der Waals surface area contributed by atoms with E-state index in [0.29, 0.717) is 0 Å². The normalized spacial score (nSPS) is 14.5. The fraction of sp³-hybridized carbons (Fsp3) is 0.143. The highest BCUT2D eigenvalue weighted by molar-refractivity contribution is 9.10. The molecule has 0 spiro atoms. The SMILES string of the molecule is CC1(C)c2ccccc2-c2ccc(-c3cccc(Br)c3)cc21. The second-order valence-electron chi connectivity index (χ2n) is 6.44. The molecule has 0 aliphatic heterocycles. The Labute approximate surface area is 140 Å². The lowest BCUT2D eigenvalue weighted by Crippen LogP contribution is -2.14. The maximum absolute atomic E-state index is 3.57. The average Bonchev–Trinajstić information content (AvgIpc) is 2.76. The molecular formula is C21H17Br. The van der Waals surface area contributed by atoms with Gasteiger partial charge in [0.2, 0.25) is 0 Å². The smallest absolute Gasteiger partial charge is 0.0181 e. The van der Waals surface area contributed by atoms with Crippen LogP contribution < -0.4 is 0 Å². The Morgan fingerprint density at radius 1 is 0.682 bits per heavy atom. The predicted molar refractivity (Wildman–Crippen MR) is 97.1 cm³/mol. The van der Waals surface area contributed by atoms with Crippen LogP contribution in [0.1, 0.15) is 25.0 Å². The second-order valence-corrected chi connectivity index (χ2v) is 7.36. The van der Waals surface area contributed by atoms with Gasteiger partial charge in [0.05, 0.1) is 0 Å². The zero-order valence-corrected chi connectivity index (χ0v) is 14.3. The summed E-state index contributed by atoms with van der Waals surface area (Å²) < 4.78 is 1.12. The zero-order chi connectivity index (χ0) is 15.3. The Morgan fingerprint density at radius 3 is 2.23 bits per heavy atom. The van der Waals surface area contributed by atoms with E-state index in [1.165, 1.54) is 33.4 Å². The molecule has 1 aliphatic carbocycles. The van der Waals surface area contributed by atoms with Crippen LogP contribution in [0.25, 0.3) is 22.3 Å². The minimum atomic E-state index is 0.0634. The minimum absolute atomic E-state index is 0.0634. The van der Waals surface area contributed by atoms with Crippen LogP contribution in [0.3, 0.4) is 0 Å². The summed E-state index contributed by atoms with van der Waals surface area (Å²) in [5, 5.41) is 0. The first-order valence-corrected chi connectivity index (χ1v) is 8.37. The molecule has 0 radical (unpaired) electrons. The van der Waals surface area contributed by atoms with Gasteiger partial charge >= 0.3 is 0 Å². The molecule has 0 N–H and O–H groups in total. The number of halogens is 1. The summed E-state index contributed by atoms with van der Waals surface area (Å²) in [6, 6.07) is 24.1. The van der Waals surface area contributed by atoms with E-state index in [4.69, 9.17) is 0 Å². The van der Waals surface area contributed by atoms with Gasteiger partial charge in [-0.05, 0) is 51.6 Å². The Balaban J connectivity index is 1.92. The summed E-state index contributed by atoms with van der Waals surface area (Å²) in [4.78, 5) is 0. The monoisotopic (exact) mass is 348 g/mol. The fourth-order valence-corrected chi connectivity index (χ4v) is 3.95. The standard InChI is InChI=1S/C21H17Br/c1-21(2)19-9-4-3-8-17(19)18-11-10-15(13-20(18)21)14-6-5-7-16(22)12-14/h3-13H,1-2H3. The van der Waals surface area contributed by atoms with E-state index in [0.717, 1.165) is 4.47 Å². The van der Waals surface area contributed by atoms with Crippen molar-refractivity contribution in [2.24, 2.45) is 0 Å². The average molecular weight is 349 g/mol. The van der Waals surface area contributed by atoms with Crippen LogP contribution in [0.4, 0.5) is 0 Å². The van der Waals surface area contributed by atoms with Crippen molar-refractivity contribution >= 4 is 15.9 Å². The van der Waals surface area contributed by atoms with Crippen molar-refractivity contribution in [2.75, 3.05) is 0 Å². The van der Waals surface area contributed by atoms with E-state index in [1.807, 2.05) is 0 Å². The molecule has 0 fully saturated rings. The van der Waals surface area contributed by atoms with Crippen molar-refractivity contribution in [2.45, 2.75) is 19.3 Å². The van der Waals surface area contributed by atoms with Crippen molar-refractivity contribution in [3.05, 3.63) is 82.3 Å². The molecule has 108 valence electrons. The molecule has 3 aromatic rings. The second kappa shape index (κ2) is 4.82. The fourth-order valence-electron chi connectivity index (χ4n) is 3.55. The third-order valence-corrected chi connectivity index (χ3v) is 5.23. The van der Waals surface area contributed by atoms with E-state index in [-0.39, 0.29) is 5.41 Å². The van der Waals surface area contributed by atoms with Crippen molar-refractivity contribution < 1.29 is 0 Å². The Kier molecular flexibility index (Phi) is 3.02. The number of hydrogen-bond acceptors (Lipinski definition) is 0. The first kappa shape index (κ1) is 13.8. The quantitative estimate of drug-likeness (QED) is 0.475. The molecule has 1 aliphatic rings. The Bertz CT molecular complexity index is 875. The molecule has 0 bridgehead atoms. The molecule has 0 aromatic heterocycles. The van der Waals surface area contributed by atoms with Crippen molar-refractivity contribution in [1.29, 1.82) is 0 Å². The predicted octanol–water partition coefficient (Wildman–Crippen LogP) is 6.42. The third-order valence-electron chi connectivity index (χ3n) is 4.74. The molecule has 22 heavy (non-hydrogen) atoms. The van der Waals surface area contributed by atoms with E-state index < -0.39 is 0 Å². The maximum Gasteiger partial charge on any atom is 0.0181 e. The number of fused-ring (bicyclic) bond motifs is 3. The summed E-state index contributed by atoms with van der Waals surface area (Å²) in [5.41, 5.74) is 8.20. The van der Waals surface area contributed by atoms with Gasteiger partial charge in [0, 0.05) is 9.89 Å². The number of hydrogen-bond donors (Lipinski definition) is 0. The van der Waals surface area contributed by atoms with Crippen LogP contribution in [0, 0.1) is 0 Å². The highest BCUT2D eigenvalue weighted by atomic mass is 79.9. The number of rotatable bonds is 1. The van der Waals surface area contributed by atoms with Crippen molar-refractivity contribution in [1.82, 2.24) is 0 Å². The van der Waals surface area contributed by atoms with Gasteiger partial charge in [0.25, 0.3) is 0 Å². The van der Waals surface area contributed by atoms with Gasteiger partial charge in [0.1, 0.15) is 0 Å². The summed E-state index contributed by atoms with van der Waals surface area (Å²) in [6.45, 7) is 4.64. The van der Waals surface area contributed by atoms with Crippen LogP contribution in [-0.4, -0.2) is 0 Å². The third kappa shape index (κ3) is 1.96. The summed E-state index contributed by atoms with van der Waals surface area (Å²) in [6.07, 6.45) is 0. The van der Waals surface area contributed by atoms with Gasteiger partial charge < -0.3 is 0 Å². The van der Waals surface area contributed by atoms with Gasteiger partial charge in [-0.2, -0.15) is 0 Å². The van der Waals surface area contributed by atoms with Gasteiger partial charge in [0.15, 0.2) is 0 Å². The van der Waals surface area contributed by atoms with E-state index in [9.17, 15) is 0 Å². The molecule has 0 heterocycles. The lowest BCUT2D eigenvalue weighted by atomic mass is 9.81. The van der Waals surface area contributed by atoms with Gasteiger partial charge in [-0.3, -0.25) is 0 Å². The van der Waals surface area contributed by atoms with Gasteiger partial charge in [-0.1, -0.05) is 78.3 Å². The zero-order valence-electron chi connectivity index (χ0n) is 12.7. The van der Waals surface area contributed by atoms with Crippen molar-refractivity contribution in [3.63, 3.8) is 0 Å². The lowest BCUT2D eigenvalue weighted by molar-refractivity contribution is 0.660. The Hall–Kier alpha value is -1.86. The number of benzene rings is 3. The molecule has 0 unspecified atom stereocenters. The first-order chi connectivity index (χ1) is 10.6. The summed E-state index contributed by atoms with van der Waals surface area (Å²) in [5.74, 6) is 0. The van der Waals surface area contributed by atoms with E-state index in [2.05, 4.69) is 96.5 Å². The van der Waals surface area contributed by atoms with Crippen LogP contribution in [0.5, 0.6) is 0 Å². The van der Waals surface area contributed by atoms with Crippen LogP contribution in [0.15, 0.2) is 71.2 Å². The first-order valence-electron chi connectivity index (χ1n) is 7.58. The van der Waals surface area contributed by atoms with Crippen LogP contribution in [0.2, 0.25) is 0 Å². The summed E-state index contributed by atoms with van der Waals surface area (Å²) >= 11 is 3.57. The molecular weight excluding hydrogens is 332 g/mol. The van der Waals surface area contributed by atoms with Gasteiger partial charge in [-0.25, -0.2) is 0 Å². The molecule has 0 amide bonds. The molecule has 0 atom stereocenters. The van der Waals surface area contributed by atoms with Gasteiger partial charge in [-0.15, -0.1) is 0 Å².